The van der Waals surface area contributed by atoms with Crippen LogP contribution in [0.5, 0.6) is 0 Å². The lowest BCUT2D eigenvalue weighted by Crippen LogP contribution is -2.33. The molecule has 1 aliphatic carbocycles. The molecule has 0 radical (unpaired) electrons. The van der Waals surface area contributed by atoms with Crippen LogP contribution in [0, 0.1) is 6.92 Å². The van der Waals surface area contributed by atoms with Gasteiger partial charge in [0.25, 0.3) is 5.56 Å². The van der Waals surface area contributed by atoms with Crippen LogP contribution in [0.1, 0.15) is 80.8 Å². The largest absolute Gasteiger partial charge is 0.462 e. The number of oxazole rings is 1. The van der Waals surface area contributed by atoms with Gasteiger partial charge < -0.3 is 13.7 Å². The predicted molar refractivity (Wildman–Crippen MR) is 161 cm³/mol. The molecule has 10 nitrogen and oxygen atoms in total. The van der Waals surface area contributed by atoms with Crippen molar-refractivity contribution >= 4 is 18.1 Å². The van der Waals surface area contributed by atoms with Crippen molar-refractivity contribution < 1.29 is 13.9 Å². The van der Waals surface area contributed by atoms with Crippen LogP contribution in [-0.4, -0.2) is 36.7 Å². The van der Waals surface area contributed by atoms with Crippen LogP contribution in [0.15, 0.2) is 75.3 Å². The molecule has 10 heteroatoms. The summed E-state index contributed by atoms with van der Waals surface area (Å²) in [5.74, 6) is 0.0368. The normalized spacial score (nSPS) is 13.8. The van der Waals surface area contributed by atoms with E-state index in [0.717, 1.165) is 28.7 Å². The van der Waals surface area contributed by atoms with Gasteiger partial charge in [-0.25, -0.2) is 19.6 Å². The lowest BCUT2D eigenvalue weighted by atomic mass is 9.86. The van der Waals surface area contributed by atoms with Crippen molar-refractivity contribution in [3.8, 4) is 0 Å². The fourth-order valence-corrected chi connectivity index (χ4v) is 5.58. The Balaban J connectivity index is 1.45. The molecule has 1 atom stereocenters. The molecule has 2 aromatic carbocycles. The number of nitrogens with zero attached hydrogens (tertiary/aromatic N) is 4. The fraction of sp³-hybridized carbons (Fsp3) is 0.242. The highest BCUT2D eigenvalue weighted by Gasteiger charge is 2.30. The molecule has 218 valence electrons. The van der Waals surface area contributed by atoms with Gasteiger partial charge in [0, 0.05) is 37.6 Å². The van der Waals surface area contributed by atoms with Crippen molar-refractivity contribution in [2.45, 2.75) is 46.2 Å². The van der Waals surface area contributed by atoms with Crippen molar-refractivity contribution in [2.75, 3.05) is 6.61 Å². The maximum absolute atomic E-state index is 13.4. The van der Waals surface area contributed by atoms with Gasteiger partial charge in [-0.1, -0.05) is 37.3 Å². The maximum Gasteiger partial charge on any atom is 0.338 e. The highest BCUT2D eigenvalue weighted by Crippen LogP contribution is 2.38. The topological polar surface area (TPSA) is 125 Å². The minimum atomic E-state index is -0.568. The first-order valence-electron chi connectivity index (χ1n) is 14.2. The molecule has 0 saturated carbocycles. The molecule has 0 bridgehead atoms. The first-order valence-corrected chi connectivity index (χ1v) is 14.2. The first kappa shape index (κ1) is 27.9. The number of nitrogens with one attached hydrogen (secondary N) is 1. The van der Waals surface area contributed by atoms with Gasteiger partial charge in [-0.3, -0.25) is 14.3 Å². The number of imidazole rings is 1. The third kappa shape index (κ3) is 5.63. The molecule has 43 heavy (non-hydrogen) atoms. The molecule has 6 rings (SSSR count). The number of carbonyl (C=O) groups is 1. The van der Waals surface area contributed by atoms with Gasteiger partial charge >= 0.3 is 11.7 Å². The molecular formula is C33H31N5O5. The molecular weight excluding hydrogens is 546 g/mol. The van der Waals surface area contributed by atoms with E-state index >= 15 is 0 Å². The number of H-pyrrole nitrogens is 1. The van der Waals surface area contributed by atoms with Crippen molar-refractivity contribution in [3.05, 3.63) is 138 Å². The van der Waals surface area contributed by atoms with Crippen LogP contribution in [0.25, 0.3) is 12.2 Å². The number of ether oxygens (including phenoxy) is 1. The second-order valence-corrected chi connectivity index (χ2v) is 10.5. The van der Waals surface area contributed by atoms with Crippen LogP contribution in [0.2, 0.25) is 0 Å². The summed E-state index contributed by atoms with van der Waals surface area (Å²) in [5, 5.41) is 0. The number of aromatic nitrogens is 5. The van der Waals surface area contributed by atoms with Gasteiger partial charge in [0.15, 0.2) is 11.7 Å². The average molecular weight is 578 g/mol. The van der Waals surface area contributed by atoms with Crippen molar-refractivity contribution in [1.29, 1.82) is 0 Å². The lowest BCUT2D eigenvalue weighted by Gasteiger charge is -2.19. The standard InChI is InChI=1S/C33H31N5O5/c1-4-21-6-8-26-24(13-21)7-9-28-30(35-20(3)43-28)29(26)27-18-38(33(41)36-31(27)39)17-23-12-22(16-37-11-10-34-19-37)14-25(15-23)32(40)42-5-2/h6-15,18-19,29H,4-5,16-17H2,1-3H3,(H,36,39,41). The predicted octanol–water partition coefficient (Wildman–Crippen LogP) is 4.53. The molecule has 1 aliphatic rings. The number of esters is 1. The second-order valence-electron chi connectivity index (χ2n) is 10.5. The number of hydrogen-bond acceptors (Lipinski definition) is 7. The second kappa shape index (κ2) is 11.6. The van der Waals surface area contributed by atoms with E-state index in [1.54, 1.807) is 44.7 Å². The molecule has 0 fully saturated rings. The average Bonchev–Trinajstić information content (AvgIpc) is 3.60. The van der Waals surface area contributed by atoms with E-state index in [4.69, 9.17) is 9.15 Å². The number of fused-ring (bicyclic) bond motifs is 2. The Morgan fingerprint density at radius 3 is 2.58 bits per heavy atom. The van der Waals surface area contributed by atoms with Crippen LogP contribution in [0.3, 0.4) is 0 Å². The number of carbonyl (C=O) groups excluding carboxylic acids is 1. The molecule has 0 saturated heterocycles. The monoisotopic (exact) mass is 577 g/mol. The Morgan fingerprint density at radius 2 is 1.84 bits per heavy atom. The van der Waals surface area contributed by atoms with E-state index in [0.29, 0.717) is 40.6 Å². The Morgan fingerprint density at radius 1 is 1.02 bits per heavy atom. The molecule has 0 amide bonds. The van der Waals surface area contributed by atoms with E-state index in [-0.39, 0.29) is 13.2 Å². The SMILES string of the molecule is CCOC(=O)c1cc(Cn2ccnc2)cc(Cn2cc(C3c4ccc(CC)cc4C=Cc4oc(C)nc43)c(=O)[nH]c2=O)c1. The quantitative estimate of drug-likeness (QED) is 0.264. The van der Waals surface area contributed by atoms with Crippen molar-refractivity contribution in [3.63, 3.8) is 0 Å². The van der Waals surface area contributed by atoms with Gasteiger partial charge in [0.2, 0.25) is 0 Å². The zero-order valence-corrected chi connectivity index (χ0v) is 24.2. The molecule has 1 N–H and O–H groups in total. The lowest BCUT2D eigenvalue weighted by molar-refractivity contribution is 0.0526. The number of aryl methyl sites for hydroxylation is 2. The summed E-state index contributed by atoms with van der Waals surface area (Å²) in [4.78, 5) is 50.6. The van der Waals surface area contributed by atoms with Crippen LogP contribution >= 0.6 is 0 Å². The molecule has 3 aromatic heterocycles. The molecule has 0 aliphatic heterocycles. The zero-order chi connectivity index (χ0) is 30.1. The minimum absolute atomic E-state index is 0.115. The summed E-state index contributed by atoms with van der Waals surface area (Å²) in [6.07, 6.45) is 11.5. The molecule has 3 heterocycles. The van der Waals surface area contributed by atoms with E-state index in [2.05, 4.69) is 27.9 Å². The van der Waals surface area contributed by atoms with E-state index < -0.39 is 23.1 Å². The van der Waals surface area contributed by atoms with E-state index in [1.165, 1.54) is 4.57 Å². The summed E-state index contributed by atoms with van der Waals surface area (Å²) in [5.41, 5.74) is 4.86. The fourth-order valence-electron chi connectivity index (χ4n) is 5.58. The molecule has 1 unspecified atom stereocenters. The van der Waals surface area contributed by atoms with Crippen LogP contribution in [0.4, 0.5) is 0 Å². The minimum Gasteiger partial charge on any atom is -0.462 e. The Hall–Kier alpha value is -5.25. The Bertz CT molecular complexity index is 1960. The summed E-state index contributed by atoms with van der Waals surface area (Å²) < 4.78 is 14.5. The number of rotatable bonds is 8. The van der Waals surface area contributed by atoms with Gasteiger partial charge in [-0.2, -0.15) is 0 Å². The molecule has 0 spiro atoms. The maximum atomic E-state index is 13.4. The van der Waals surface area contributed by atoms with Gasteiger partial charge in [0.1, 0.15) is 0 Å². The van der Waals surface area contributed by atoms with Gasteiger partial charge in [-0.05, 0) is 59.4 Å². The van der Waals surface area contributed by atoms with E-state index in [1.807, 2.05) is 41.1 Å². The highest BCUT2D eigenvalue weighted by atomic mass is 16.5. The Kier molecular flexibility index (Phi) is 7.50. The summed E-state index contributed by atoms with van der Waals surface area (Å²) in [6, 6.07) is 11.6. The Labute approximate surface area is 247 Å². The summed E-state index contributed by atoms with van der Waals surface area (Å²) in [7, 11) is 0. The summed E-state index contributed by atoms with van der Waals surface area (Å²) >= 11 is 0. The summed E-state index contributed by atoms with van der Waals surface area (Å²) in [6.45, 7) is 6.44. The third-order valence-electron chi connectivity index (χ3n) is 7.54. The zero-order valence-electron chi connectivity index (χ0n) is 24.2. The van der Waals surface area contributed by atoms with Crippen LogP contribution < -0.4 is 11.2 Å². The van der Waals surface area contributed by atoms with Crippen LogP contribution in [-0.2, 0) is 24.2 Å². The van der Waals surface area contributed by atoms with Gasteiger partial charge in [-0.15, -0.1) is 0 Å². The number of benzene rings is 2. The van der Waals surface area contributed by atoms with Crippen molar-refractivity contribution in [2.24, 2.45) is 0 Å². The smallest absolute Gasteiger partial charge is 0.338 e. The van der Waals surface area contributed by atoms with E-state index in [9.17, 15) is 14.4 Å². The number of aromatic amines is 1. The third-order valence-corrected chi connectivity index (χ3v) is 7.54. The van der Waals surface area contributed by atoms with Crippen molar-refractivity contribution in [1.82, 2.24) is 24.1 Å². The van der Waals surface area contributed by atoms with Gasteiger partial charge in [0.05, 0.1) is 36.7 Å². The highest BCUT2D eigenvalue weighted by molar-refractivity contribution is 5.89. The molecule has 5 aromatic rings. The number of hydrogen-bond donors (Lipinski definition) is 1. The first-order chi connectivity index (χ1) is 20.8.